The summed E-state index contributed by atoms with van der Waals surface area (Å²) in [5.41, 5.74) is -21.9. The molecule has 2 saturated carbocycles. The van der Waals surface area contributed by atoms with Crippen molar-refractivity contribution in [2.75, 3.05) is 0 Å². The molecule has 0 heterocycles. The maximum atomic E-state index is 15.4. The fourth-order valence-electron chi connectivity index (χ4n) is 15.7. The van der Waals surface area contributed by atoms with Gasteiger partial charge < -0.3 is 10.6 Å². The van der Waals surface area contributed by atoms with Crippen molar-refractivity contribution in [3.63, 3.8) is 0 Å². The van der Waals surface area contributed by atoms with E-state index in [4.69, 9.17) is 0 Å². The van der Waals surface area contributed by atoms with Crippen LogP contribution in [0.4, 0.5) is 176 Å². The average molecular weight is 1790 g/mol. The lowest BCUT2D eigenvalue weighted by Crippen LogP contribution is -3.05. The number of halogens is 40. The van der Waals surface area contributed by atoms with Gasteiger partial charge in [0, 0.05) is 36.8 Å². The van der Waals surface area contributed by atoms with Crippen LogP contribution in [0.1, 0.15) is 100 Å². The summed E-state index contributed by atoms with van der Waals surface area (Å²) >= 11 is 0. The summed E-state index contributed by atoms with van der Waals surface area (Å²) < 4.78 is 588. The van der Waals surface area contributed by atoms with Crippen molar-refractivity contribution in [3.8, 4) is 0 Å². The average Bonchev–Trinajstić information content (AvgIpc) is 0.684. The number of aryl methyl sites for hydroxylation is 2. The van der Waals surface area contributed by atoms with Crippen molar-refractivity contribution < 1.29 is 186 Å². The Hall–Kier alpha value is -10.6. The highest BCUT2D eigenvalue weighted by Gasteiger charge is 2.55. The summed E-state index contributed by atoms with van der Waals surface area (Å²) in [6, 6.07) is 17.2. The second kappa shape index (κ2) is 36.1. The van der Waals surface area contributed by atoms with Crippen molar-refractivity contribution in [1.29, 1.82) is 0 Å². The molecule has 122 heavy (non-hydrogen) atoms. The van der Waals surface area contributed by atoms with E-state index in [2.05, 4.69) is 86.9 Å². The van der Waals surface area contributed by atoms with E-state index in [1.807, 2.05) is 0 Å². The second-order valence-electron chi connectivity index (χ2n) is 28.7. The molecule has 44 heteroatoms. The van der Waals surface area contributed by atoms with Crippen LogP contribution < -0.4 is 54.3 Å². The standard InChI is InChI=1S/2C24BF20.C16H19N.C14H27N/c2*26-5-1(6(27)14(35)21(42)13(5)34)25(2-7(28)15(36)22(43)16(37)8(2)29,3-9(30)17(38)23(44)18(39)10(3)31)4-11(32)19(40)24(45)20(41)12(4)33;1-13-7-3-5-9-15(13)11-17-12-16-10-6-4-8-14(16)2;1-13(9-5-3-6-10-13)15-14(2)11-7-4-8-12-14/h;;3-10,17H,11-12H2,1-2H3;15H,3-12H2,1-2H3/q2*-1;;/p+2. The highest BCUT2D eigenvalue weighted by molar-refractivity contribution is 7.21. The molecule has 10 aromatic rings. The van der Waals surface area contributed by atoms with Gasteiger partial charge in [-0.2, -0.15) is 0 Å². The quantitative estimate of drug-likeness (QED) is 0.0471. The van der Waals surface area contributed by atoms with Gasteiger partial charge in [0.05, 0.1) is 11.1 Å². The molecule has 0 amide bonds. The first-order valence-corrected chi connectivity index (χ1v) is 35.0. The van der Waals surface area contributed by atoms with Gasteiger partial charge in [-0.25, -0.2) is 176 Å². The molecule has 2 fully saturated rings. The zero-order chi connectivity index (χ0) is 91.6. The summed E-state index contributed by atoms with van der Waals surface area (Å²) in [4.78, 5) is 0. The maximum absolute atomic E-state index is 15.4. The van der Waals surface area contributed by atoms with Gasteiger partial charge in [0.1, 0.15) is 118 Å². The fraction of sp³-hybridized carbons (Fsp3) is 0.231. The molecule has 0 radical (unpaired) electrons. The van der Waals surface area contributed by atoms with Crippen LogP contribution in [-0.4, -0.2) is 23.4 Å². The largest absolute Gasteiger partial charge is 0.339 e. The van der Waals surface area contributed by atoms with Crippen molar-refractivity contribution in [3.05, 3.63) is 303 Å². The Morgan fingerprint density at radius 1 is 0.205 bits per heavy atom. The molecule has 12 rings (SSSR count). The van der Waals surface area contributed by atoms with E-state index < -0.39 is 289 Å². The van der Waals surface area contributed by atoms with Crippen molar-refractivity contribution in [1.82, 2.24) is 0 Å². The topological polar surface area (TPSA) is 33.2 Å². The Morgan fingerprint density at radius 3 is 0.475 bits per heavy atom. The van der Waals surface area contributed by atoms with Crippen molar-refractivity contribution >= 4 is 56.0 Å². The van der Waals surface area contributed by atoms with Crippen LogP contribution in [0.2, 0.25) is 0 Å². The molecule has 2 aliphatic carbocycles. The van der Waals surface area contributed by atoms with E-state index in [-0.39, 0.29) is 0 Å². The van der Waals surface area contributed by atoms with E-state index in [1.165, 1.54) is 86.5 Å². The van der Waals surface area contributed by atoms with Crippen LogP contribution in [-0.2, 0) is 13.1 Å². The minimum atomic E-state index is -7.22. The third kappa shape index (κ3) is 16.0. The van der Waals surface area contributed by atoms with Gasteiger partial charge in [-0.1, -0.05) is 61.4 Å². The van der Waals surface area contributed by atoms with Crippen LogP contribution in [0.3, 0.4) is 0 Å². The van der Waals surface area contributed by atoms with Crippen LogP contribution >= 0.6 is 0 Å². The highest BCUT2D eigenvalue weighted by atomic mass is 19.2. The summed E-state index contributed by atoms with van der Waals surface area (Å²) in [6.45, 7) is 11.5. The predicted octanol–water partition coefficient (Wildman–Crippen LogP) is 17.3. The molecule has 2 nitrogen and oxygen atoms in total. The lowest BCUT2D eigenvalue weighted by Gasteiger charge is -2.44. The first-order valence-electron chi connectivity index (χ1n) is 35.0. The summed E-state index contributed by atoms with van der Waals surface area (Å²) in [6.07, 6.45) is 0.144. The molecular formula is C78H48B2F40N2. The molecule has 4 N–H and O–H groups in total. The van der Waals surface area contributed by atoms with Gasteiger partial charge in [-0.15, -0.1) is 43.7 Å². The van der Waals surface area contributed by atoms with E-state index in [0.29, 0.717) is 11.1 Å². The Morgan fingerprint density at radius 2 is 0.336 bits per heavy atom. The van der Waals surface area contributed by atoms with Gasteiger partial charge in [-0.05, 0) is 64.5 Å². The zero-order valence-corrected chi connectivity index (χ0v) is 61.5. The minimum absolute atomic E-state index is 0.574. The fourth-order valence-corrected chi connectivity index (χ4v) is 15.7. The Labute approximate surface area is 660 Å². The van der Waals surface area contributed by atoms with Gasteiger partial charge >= 0.3 is 0 Å². The molecule has 0 saturated heterocycles. The summed E-state index contributed by atoms with van der Waals surface area (Å²) in [5.74, 6) is -143. The Balaban J connectivity index is 0.000000204. The smallest absolute Gasteiger partial charge is 0.200 e. The molecule has 0 spiro atoms. The molecule has 2 aliphatic rings. The minimum Gasteiger partial charge on any atom is -0.339 e. The second-order valence-corrected chi connectivity index (χ2v) is 28.7. The normalized spacial score (nSPS) is 14.0. The van der Waals surface area contributed by atoms with Gasteiger partial charge in [0.15, 0.2) is 140 Å². The highest BCUT2D eigenvalue weighted by Crippen LogP contribution is 2.36. The van der Waals surface area contributed by atoms with E-state index in [9.17, 15) is 105 Å². The zero-order valence-electron chi connectivity index (χ0n) is 61.5. The molecule has 0 unspecified atom stereocenters. The van der Waals surface area contributed by atoms with Crippen LogP contribution in [0, 0.1) is 247 Å². The molecule has 656 valence electrons. The van der Waals surface area contributed by atoms with Crippen LogP contribution in [0.25, 0.3) is 0 Å². The first-order chi connectivity index (χ1) is 56.8. The van der Waals surface area contributed by atoms with E-state index >= 15 is 70.2 Å². The van der Waals surface area contributed by atoms with Gasteiger partial charge in [0.2, 0.25) is 0 Å². The molecule has 0 atom stereocenters. The van der Waals surface area contributed by atoms with Gasteiger partial charge in [0.25, 0.3) is 0 Å². The number of quaternary nitrogens is 2. The third-order valence-corrected chi connectivity index (χ3v) is 21.4. The lowest BCUT2D eigenvalue weighted by molar-refractivity contribution is -0.789. The Kier molecular flexibility index (Phi) is 28.2. The molecule has 10 aromatic carbocycles. The molecule has 0 aliphatic heterocycles. The van der Waals surface area contributed by atoms with Crippen LogP contribution in [0.15, 0.2) is 48.5 Å². The summed E-state index contributed by atoms with van der Waals surface area (Å²) in [5, 5.41) is 5.13. The first kappa shape index (κ1) is 95.3. The number of benzene rings is 10. The number of nitrogens with two attached hydrogens (primary N) is 2. The number of hydrogen-bond donors (Lipinski definition) is 2. The number of hydrogen-bond acceptors (Lipinski definition) is 0. The SMILES string of the molecule is CC1([NH2+]C2(C)CCCCC2)CCCCC1.Cc1ccccc1C[NH2+]Cc1ccccc1C.Fc1c(F)c(F)c([B-](c2c(F)c(F)c(F)c(F)c2F)(c2c(F)c(F)c(F)c(F)c2F)c2c(F)c(F)c(F)c(F)c2F)c(F)c1F.Fc1c(F)c(F)c([B-](c2c(F)c(F)c(F)c(F)c2F)(c2c(F)c(F)c(F)c(F)c2F)c2c(F)c(F)c(F)c(F)c2F)c(F)c1F. The lowest BCUT2D eigenvalue weighted by atomic mass is 9.12. The van der Waals surface area contributed by atoms with Crippen molar-refractivity contribution in [2.24, 2.45) is 0 Å². The van der Waals surface area contributed by atoms with E-state index in [1.54, 1.807) is 0 Å². The molecule has 0 bridgehead atoms. The number of rotatable bonds is 14. The Bertz CT molecular complexity index is 4700. The summed E-state index contributed by atoms with van der Waals surface area (Å²) in [7, 11) is 0. The monoisotopic (exact) mass is 1790 g/mol. The van der Waals surface area contributed by atoms with Crippen LogP contribution in [0.5, 0.6) is 0 Å². The van der Waals surface area contributed by atoms with Crippen molar-refractivity contribution in [2.45, 2.75) is 116 Å². The molecule has 0 aromatic heterocycles. The maximum Gasteiger partial charge on any atom is 0.200 e. The third-order valence-electron chi connectivity index (χ3n) is 21.4. The predicted molar refractivity (Wildman–Crippen MR) is 355 cm³/mol. The van der Waals surface area contributed by atoms with E-state index in [0.717, 1.165) is 13.1 Å². The van der Waals surface area contributed by atoms with Gasteiger partial charge in [-0.3, -0.25) is 0 Å². The molecular weight excluding hydrogens is 1750 g/mol.